The molecule has 4 nitrogen and oxygen atoms in total. The van der Waals surface area contributed by atoms with Crippen LogP contribution in [-0.2, 0) is 14.3 Å². The second-order valence-electron chi connectivity index (χ2n) is 10.4. The average Bonchev–Trinajstić information content (AvgIpc) is 2.78. The Kier molecular flexibility index (Phi) is 5.35. The molecule has 0 spiro atoms. The maximum absolute atomic E-state index is 13.8. The summed E-state index contributed by atoms with van der Waals surface area (Å²) in [5.41, 5.74) is 4.24. The number of benzene rings is 2. The number of ether oxygens (including phenoxy) is 1. The topological polar surface area (TPSA) is 63.6 Å². The second-order valence-corrected chi connectivity index (χ2v) is 10.4. The molecule has 2 aromatic rings. The summed E-state index contributed by atoms with van der Waals surface area (Å²) in [7, 11) is 0. The van der Waals surface area contributed by atoms with Gasteiger partial charge in [-0.25, -0.2) is 0 Å². The van der Waals surface area contributed by atoms with Crippen LogP contribution in [-0.4, -0.2) is 23.1 Å². The zero-order chi connectivity index (χ0) is 22.6. The Labute approximate surface area is 190 Å². The highest BCUT2D eigenvalue weighted by atomic mass is 16.5. The smallest absolute Gasteiger partial charge is 0.311 e. The van der Waals surface area contributed by atoms with Gasteiger partial charge in [-0.15, -0.1) is 0 Å². The van der Waals surface area contributed by atoms with Crippen LogP contribution in [0.25, 0.3) is 0 Å². The van der Waals surface area contributed by atoms with Crippen LogP contribution < -0.4 is 0 Å². The summed E-state index contributed by atoms with van der Waals surface area (Å²) in [5.74, 6) is -2.08. The molecular weight excluding hydrogens is 400 g/mol. The number of hydrogen-bond donors (Lipinski definition) is 1. The lowest BCUT2D eigenvalue weighted by Crippen LogP contribution is -2.49. The summed E-state index contributed by atoms with van der Waals surface area (Å²) in [6.45, 7) is 6.60. The maximum atomic E-state index is 13.8. The van der Waals surface area contributed by atoms with Gasteiger partial charge in [0.2, 0.25) is 0 Å². The molecule has 0 saturated heterocycles. The molecule has 0 amide bonds. The first-order valence-electron chi connectivity index (χ1n) is 12.0. The van der Waals surface area contributed by atoms with Crippen LogP contribution in [0.5, 0.6) is 0 Å². The quantitative estimate of drug-likeness (QED) is 0.639. The molecule has 0 aromatic heterocycles. The van der Waals surface area contributed by atoms with Crippen molar-refractivity contribution in [2.45, 2.75) is 58.0 Å². The first kappa shape index (κ1) is 21.2. The van der Waals surface area contributed by atoms with Crippen molar-refractivity contribution in [3.63, 3.8) is 0 Å². The average molecular weight is 433 g/mol. The van der Waals surface area contributed by atoms with Crippen molar-refractivity contribution in [1.82, 2.24) is 0 Å². The van der Waals surface area contributed by atoms with E-state index in [1.165, 1.54) is 0 Å². The molecule has 0 aliphatic heterocycles. The van der Waals surface area contributed by atoms with Crippen LogP contribution in [0, 0.1) is 29.6 Å². The van der Waals surface area contributed by atoms with E-state index < -0.39 is 17.8 Å². The molecule has 0 heterocycles. The zero-order valence-electron chi connectivity index (χ0n) is 19.0. The normalized spacial score (nSPS) is 32.8. The van der Waals surface area contributed by atoms with Crippen molar-refractivity contribution < 1.29 is 19.4 Å². The fraction of sp³-hybridized carbons (Fsp3) is 0.500. The van der Waals surface area contributed by atoms with Gasteiger partial charge in [0.25, 0.3) is 0 Å². The molecule has 0 radical (unpaired) electrons. The Balaban J connectivity index is 1.56. The lowest BCUT2D eigenvalue weighted by Gasteiger charge is -2.48. The van der Waals surface area contributed by atoms with Crippen LogP contribution in [0.1, 0.15) is 74.1 Å². The van der Waals surface area contributed by atoms with Crippen LogP contribution in [0.3, 0.4) is 0 Å². The number of rotatable bonds is 4. The van der Waals surface area contributed by atoms with E-state index >= 15 is 0 Å². The van der Waals surface area contributed by atoms with Crippen LogP contribution in [0.15, 0.2) is 48.5 Å². The van der Waals surface area contributed by atoms with Gasteiger partial charge in [-0.05, 0) is 52.8 Å². The first-order chi connectivity index (χ1) is 15.4. The minimum atomic E-state index is -0.914. The second kappa shape index (κ2) is 8.06. The molecular formula is C28H32O4. The number of carbonyl (C=O) groups is 2. The van der Waals surface area contributed by atoms with Crippen LogP contribution in [0.4, 0.5) is 0 Å². The molecule has 4 aliphatic rings. The minimum absolute atomic E-state index is 0.133. The van der Waals surface area contributed by atoms with E-state index in [-0.39, 0.29) is 23.9 Å². The van der Waals surface area contributed by atoms with Gasteiger partial charge in [0.15, 0.2) is 0 Å². The van der Waals surface area contributed by atoms with E-state index in [0.29, 0.717) is 17.8 Å². The van der Waals surface area contributed by atoms with Crippen molar-refractivity contribution in [3.8, 4) is 0 Å². The fourth-order valence-corrected chi connectivity index (χ4v) is 6.74. The molecule has 32 heavy (non-hydrogen) atoms. The molecule has 1 N–H and O–H groups in total. The third kappa shape index (κ3) is 3.27. The highest BCUT2D eigenvalue weighted by molar-refractivity contribution is 5.87. The van der Waals surface area contributed by atoms with Gasteiger partial charge in [0.1, 0.15) is 6.10 Å². The monoisotopic (exact) mass is 432 g/mol. The molecule has 5 atom stereocenters. The number of fused-ring (bicyclic) bond motifs is 1. The minimum Gasteiger partial charge on any atom is -0.481 e. The summed E-state index contributed by atoms with van der Waals surface area (Å²) < 4.78 is 6.24. The van der Waals surface area contributed by atoms with Crippen molar-refractivity contribution in [3.05, 3.63) is 70.8 Å². The molecule has 6 rings (SSSR count). The molecule has 1 fully saturated rings. The first-order valence-corrected chi connectivity index (χ1v) is 12.0. The van der Waals surface area contributed by atoms with Gasteiger partial charge in [-0.3, -0.25) is 9.59 Å². The highest BCUT2D eigenvalue weighted by Crippen LogP contribution is 2.58. The fourth-order valence-electron chi connectivity index (χ4n) is 6.74. The van der Waals surface area contributed by atoms with Crippen molar-refractivity contribution >= 4 is 11.9 Å². The van der Waals surface area contributed by atoms with Crippen LogP contribution >= 0.6 is 0 Å². The van der Waals surface area contributed by atoms with E-state index in [2.05, 4.69) is 32.9 Å². The number of carbonyl (C=O) groups excluding carboxylic acids is 1. The summed E-state index contributed by atoms with van der Waals surface area (Å²) in [6.07, 6.45) is 2.94. The predicted octanol–water partition coefficient (Wildman–Crippen LogP) is 5.60. The van der Waals surface area contributed by atoms with Gasteiger partial charge in [0.05, 0.1) is 11.8 Å². The molecule has 2 aromatic carbocycles. The van der Waals surface area contributed by atoms with Gasteiger partial charge in [-0.2, -0.15) is 0 Å². The number of esters is 1. The number of hydrogen-bond acceptors (Lipinski definition) is 3. The van der Waals surface area contributed by atoms with E-state index in [9.17, 15) is 14.7 Å². The molecule has 168 valence electrons. The van der Waals surface area contributed by atoms with Gasteiger partial charge in [-0.1, -0.05) is 75.7 Å². The molecule has 1 saturated carbocycles. The van der Waals surface area contributed by atoms with E-state index in [1.807, 2.05) is 36.4 Å². The summed E-state index contributed by atoms with van der Waals surface area (Å²) in [5, 5.41) is 10.3. The lowest BCUT2D eigenvalue weighted by molar-refractivity contribution is -0.169. The molecule has 4 aliphatic carbocycles. The highest BCUT2D eigenvalue weighted by Gasteiger charge is 2.56. The lowest BCUT2D eigenvalue weighted by atomic mass is 9.54. The molecule has 2 bridgehead atoms. The molecule has 4 heteroatoms. The standard InChI is InChI=1S/C28H32O4/c1-15(2)17-13-12-16(3)14-22(17)32-28(31)26-24-20-10-6-4-8-18(20)23(25(26)27(29)30)19-9-5-7-11-21(19)24/h4-11,15-17,22-26H,12-14H2,1-3H3,(H,29,30)/t16-,17+,22-,23?,24?,25+,26+/m1/s1. The summed E-state index contributed by atoms with van der Waals surface area (Å²) in [6, 6.07) is 16.1. The number of carboxylic acids is 1. The van der Waals surface area contributed by atoms with Gasteiger partial charge < -0.3 is 9.84 Å². The van der Waals surface area contributed by atoms with E-state index in [0.717, 1.165) is 41.5 Å². The Bertz CT molecular complexity index is 994. The third-order valence-corrected chi connectivity index (χ3v) is 8.22. The Morgan fingerprint density at radius 1 is 0.875 bits per heavy atom. The maximum Gasteiger partial charge on any atom is 0.311 e. The number of aliphatic carboxylic acids is 1. The third-order valence-electron chi connectivity index (χ3n) is 8.22. The van der Waals surface area contributed by atoms with Gasteiger partial charge in [0, 0.05) is 11.8 Å². The Morgan fingerprint density at radius 2 is 1.38 bits per heavy atom. The predicted molar refractivity (Wildman–Crippen MR) is 122 cm³/mol. The van der Waals surface area contributed by atoms with Crippen molar-refractivity contribution in [2.75, 3.05) is 0 Å². The summed E-state index contributed by atoms with van der Waals surface area (Å²) in [4.78, 5) is 26.4. The SMILES string of the molecule is CC(C)[C@@H]1CC[C@@H](C)C[C@H]1OC(=O)[C@H]1C2c3ccccc3C(c3ccccc32)[C@@H]1C(=O)O. The zero-order valence-corrected chi connectivity index (χ0v) is 19.0. The van der Waals surface area contributed by atoms with Crippen LogP contribution in [0.2, 0.25) is 0 Å². The van der Waals surface area contributed by atoms with Gasteiger partial charge >= 0.3 is 11.9 Å². The van der Waals surface area contributed by atoms with E-state index in [1.54, 1.807) is 0 Å². The molecule has 0 unspecified atom stereocenters. The Morgan fingerprint density at radius 3 is 1.84 bits per heavy atom. The largest absolute Gasteiger partial charge is 0.481 e. The van der Waals surface area contributed by atoms with Crippen molar-refractivity contribution in [2.24, 2.45) is 29.6 Å². The Hall–Kier alpha value is -2.62. The van der Waals surface area contributed by atoms with Crippen molar-refractivity contribution in [1.29, 1.82) is 0 Å². The van der Waals surface area contributed by atoms with E-state index in [4.69, 9.17) is 4.74 Å². The summed E-state index contributed by atoms with van der Waals surface area (Å²) >= 11 is 0. The number of carboxylic acid groups (broad SMARTS) is 1.